The van der Waals surface area contributed by atoms with Gasteiger partial charge >= 0.3 is 0 Å². The largest absolute Gasteiger partial charge is 0.397 e. The summed E-state index contributed by atoms with van der Waals surface area (Å²) in [6.07, 6.45) is 8.69. The third kappa shape index (κ3) is 8.70. The molecule has 52 heavy (non-hydrogen) atoms. The normalized spacial score (nSPS) is 14.0. The lowest BCUT2D eigenvalue weighted by Crippen LogP contribution is -2.34. The second-order valence-corrected chi connectivity index (χ2v) is 15.0. The molecule has 2 aliphatic carbocycles. The molecule has 0 aromatic heterocycles. The number of fused-ring (bicyclic) bond motifs is 6. The van der Waals surface area contributed by atoms with Crippen LogP contribution in [0.4, 0.5) is 5.69 Å². The Labute approximate surface area is 316 Å². The zero-order chi connectivity index (χ0) is 37.3. The number of hydrogen-bond acceptors (Lipinski definition) is 4. The first-order valence-electron chi connectivity index (χ1n) is 18.6. The molecule has 0 saturated carbocycles. The summed E-state index contributed by atoms with van der Waals surface area (Å²) in [6, 6.07) is 41.7. The standard InChI is InChI=1S/C31H27NS.C8H14N2.C7H8.C2H6/c1-19-8-13-23-22(16-19)11-10-21-12-15-28(30(32)29(21)23)33-18-20-9-14-25-24-6-4-5-7-26(24)31(2,3)27(25)17-20;1-7(10-9)8-5-3-2-4-6-8;1-7-5-3-2-4-6-7;1-2/h4-17H,18,32H2,1-3H3;2-3,5,7,10H,4,6,9H2,1H3;2-6H,1H3;1-2H3. The summed E-state index contributed by atoms with van der Waals surface area (Å²) in [4.78, 5) is 1.15. The van der Waals surface area contributed by atoms with Gasteiger partial charge in [0.05, 0.1) is 5.69 Å². The Kier molecular flexibility index (Phi) is 13.2. The molecule has 3 nitrogen and oxygen atoms in total. The Balaban J connectivity index is 0.000000225. The van der Waals surface area contributed by atoms with Gasteiger partial charge in [0.25, 0.3) is 0 Å². The Hall–Kier alpha value is -4.61. The lowest BCUT2D eigenvalue weighted by molar-refractivity contribution is 0.615. The van der Waals surface area contributed by atoms with E-state index >= 15 is 0 Å². The molecular weight excluding hydrogens is 651 g/mol. The molecule has 0 amide bonds. The van der Waals surface area contributed by atoms with Crippen molar-refractivity contribution in [3.8, 4) is 11.1 Å². The Bertz CT molecular complexity index is 2180. The Morgan fingerprint density at radius 3 is 2.13 bits per heavy atom. The summed E-state index contributed by atoms with van der Waals surface area (Å²) in [5.41, 5.74) is 21.3. The van der Waals surface area contributed by atoms with Gasteiger partial charge in [0.1, 0.15) is 0 Å². The highest BCUT2D eigenvalue weighted by atomic mass is 32.2. The molecule has 0 saturated heterocycles. The number of rotatable bonds is 5. The van der Waals surface area contributed by atoms with Crippen LogP contribution in [0.2, 0.25) is 0 Å². The minimum Gasteiger partial charge on any atom is -0.397 e. The van der Waals surface area contributed by atoms with Gasteiger partial charge in [-0.05, 0) is 83.7 Å². The molecule has 0 bridgehead atoms. The first-order valence-corrected chi connectivity index (χ1v) is 19.6. The number of benzene rings is 6. The van der Waals surface area contributed by atoms with E-state index in [2.05, 4.69) is 155 Å². The quantitative estimate of drug-likeness (QED) is 0.0549. The van der Waals surface area contributed by atoms with E-state index in [0.29, 0.717) is 6.04 Å². The van der Waals surface area contributed by atoms with E-state index in [1.807, 2.05) is 43.8 Å². The molecule has 0 radical (unpaired) electrons. The van der Waals surface area contributed by atoms with Gasteiger partial charge in [-0.15, -0.1) is 11.8 Å². The molecule has 0 heterocycles. The van der Waals surface area contributed by atoms with Gasteiger partial charge in [0, 0.05) is 27.5 Å². The number of aryl methyl sites for hydroxylation is 2. The van der Waals surface area contributed by atoms with E-state index in [1.165, 1.54) is 66.1 Å². The summed E-state index contributed by atoms with van der Waals surface area (Å²) in [5, 5.41) is 4.85. The van der Waals surface area contributed by atoms with E-state index in [1.54, 1.807) is 0 Å². The van der Waals surface area contributed by atoms with Crippen molar-refractivity contribution in [3.63, 3.8) is 0 Å². The van der Waals surface area contributed by atoms with Gasteiger partial charge in [0.2, 0.25) is 0 Å². The van der Waals surface area contributed by atoms with Crippen LogP contribution in [0, 0.1) is 13.8 Å². The molecule has 6 aromatic rings. The molecule has 0 fully saturated rings. The maximum Gasteiger partial charge on any atom is 0.0538 e. The number of hydrogen-bond donors (Lipinski definition) is 3. The number of nitrogens with two attached hydrogens (primary N) is 2. The first kappa shape index (κ1) is 38.6. The van der Waals surface area contributed by atoms with Crippen LogP contribution >= 0.6 is 11.8 Å². The molecule has 4 heteroatoms. The molecule has 5 N–H and O–H groups in total. The van der Waals surface area contributed by atoms with Gasteiger partial charge in [-0.2, -0.15) is 0 Å². The van der Waals surface area contributed by atoms with Crippen LogP contribution < -0.4 is 17.0 Å². The van der Waals surface area contributed by atoms with Crippen molar-refractivity contribution >= 4 is 39.0 Å². The third-order valence-corrected chi connectivity index (χ3v) is 11.1. The molecule has 0 aliphatic heterocycles. The van der Waals surface area contributed by atoms with E-state index in [-0.39, 0.29) is 5.41 Å². The van der Waals surface area contributed by atoms with Crippen LogP contribution in [-0.2, 0) is 11.2 Å². The molecule has 6 aromatic carbocycles. The van der Waals surface area contributed by atoms with E-state index in [0.717, 1.165) is 29.2 Å². The van der Waals surface area contributed by atoms with Crippen molar-refractivity contribution in [1.29, 1.82) is 0 Å². The third-order valence-electron chi connectivity index (χ3n) is 9.99. The molecule has 1 atom stereocenters. The maximum absolute atomic E-state index is 6.76. The SMILES string of the molecule is CC.CC(NN)C1=CC=CCC1.Cc1ccc2c(ccc3ccc(SCc4ccc5c(c4)C(C)(C)c4ccccc4-5)c(N)c32)c1.Cc1ccccc1. The molecule has 2 aliphatic rings. The smallest absolute Gasteiger partial charge is 0.0538 e. The highest BCUT2D eigenvalue weighted by Gasteiger charge is 2.35. The Morgan fingerprint density at radius 1 is 0.750 bits per heavy atom. The second kappa shape index (κ2) is 17.7. The van der Waals surface area contributed by atoms with E-state index in [9.17, 15) is 0 Å². The number of anilines is 1. The molecule has 268 valence electrons. The second-order valence-electron chi connectivity index (χ2n) is 14.0. The highest BCUT2D eigenvalue weighted by molar-refractivity contribution is 7.98. The molecule has 0 spiro atoms. The van der Waals surface area contributed by atoms with Crippen LogP contribution in [0.1, 0.15) is 75.3 Å². The summed E-state index contributed by atoms with van der Waals surface area (Å²) >= 11 is 1.83. The summed E-state index contributed by atoms with van der Waals surface area (Å²) in [6.45, 7) is 15.0. The van der Waals surface area contributed by atoms with Crippen molar-refractivity contribution in [2.75, 3.05) is 5.73 Å². The number of hydrazine groups is 1. The van der Waals surface area contributed by atoms with Crippen molar-refractivity contribution in [1.82, 2.24) is 5.43 Å². The average Bonchev–Trinajstić information content (AvgIpc) is 3.41. The highest BCUT2D eigenvalue weighted by Crippen LogP contribution is 2.49. The van der Waals surface area contributed by atoms with Crippen LogP contribution in [0.25, 0.3) is 32.7 Å². The predicted molar refractivity (Wildman–Crippen MR) is 230 cm³/mol. The summed E-state index contributed by atoms with van der Waals surface area (Å²) < 4.78 is 0. The van der Waals surface area contributed by atoms with Crippen LogP contribution in [0.3, 0.4) is 0 Å². The minimum absolute atomic E-state index is 0.0334. The number of thioether (sulfide) groups is 1. The van der Waals surface area contributed by atoms with Crippen molar-refractivity contribution in [3.05, 3.63) is 167 Å². The first-order chi connectivity index (χ1) is 25.2. The van der Waals surface area contributed by atoms with E-state index < -0.39 is 0 Å². The molecule has 8 rings (SSSR count). The fraction of sp³-hybridized carbons (Fsp3) is 0.250. The van der Waals surface area contributed by atoms with Crippen molar-refractivity contribution in [2.45, 2.75) is 83.4 Å². The van der Waals surface area contributed by atoms with Gasteiger partial charge in [0.15, 0.2) is 0 Å². The zero-order valence-electron chi connectivity index (χ0n) is 32.0. The number of nitrogens with one attached hydrogen (secondary N) is 1. The van der Waals surface area contributed by atoms with Crippen LogP contribution in [0.15, 0.2) is 144 Å². The monoisotopic (exact) mass is 705 g/mol. The van der Waals surface area contributed by atoms with Gasteiger partial charge < -0.3 is 5.73 Å². The number of nitrogen functional groups attached to an aromatic ring is 1. The lowest BCUT2D eigenvalue weighted by Gasteiger charge is -2.22. The molecule has 1 unspecified atom stereocenters. The van der Waals surface area contributed by atoms with Crippen LogP contribution in [-0.4, -0.2) is 6.04 Å². The van der Waals surface area contributed by atoms with Gasteiger partial charge in [-0.25, -0.2) is 0 Å². The fourth-order valence-electron chi connectivity index (χ4n) is 7.04. The van der Waals surface area contributed by atoms with Crippen LogP contribution in [0.5, 0.6) is 0 Å². The lowest BCUT2D eigenvalue weighted by atomic mass is 9.82. The van der Waals surface area contributed by atoms with Crippen molar-refractivity contribution < 1.29 is 0 Å². The number of allylic oxidation sites excluding steroid dienone is 3. The van der Waals surface area contributed by atoms with Gasteiger partial charge in [-0.3, -0.25) is 11.3 Å². The maximum atomic E-state index is 6.76. The fourth-order valence-corrected chi connectivity index (χ4v) is 7.96. The Morgan fingerprint density at radius 2 is 1.44 bits per heavy atom. The summed E-state index contributed by atoms with van der Waals surface area (Å²) in [7, 11) is 0. The van der Waals surface area contributed by atoms with Gasteiger partial charge in [-0.1, -0.05) is 172 Å². The van der Waals surface area contributed by atoms with Crippen molar-refractivity contribution in [2.24, 2.45) is 5.84 Å². The topological polar surface area (TPSA) is 64.1 Å². The average molecular weight is 706 g/mol. The summed E-state index contributed by atoms with van der Waals surface area (Å²) in [5.74, 6) is 6.19. The molecular formula is C48H55N3S. The van der Waals surface area contributed by atoms with E-state index in [4.69, 9.17) is 11.6 Å². The zero-order valence-corrected chi connectivity index (χ0v) is 32.8. The predicted octanol–water partition coefficient (Wildman–Crippen LogP) is 12.6. The minimum atomic E-state index is 0.0334.